The highest BCUT2D eigenvalue weighted by Crippen LogP contribution is 2.12. The number of amides is 1. The van der Waals surface area contributed by atoms with Gasteiger partial charge in [-0.15, -0.1) is 0 Å². The molecule has 0 radical (unpaired) electrons. The Morgan fingerprint density at radius 1 is 0.917 bits per heavy atom. The zero-order valence-electron chi connectivity index (χ0n) is 16.3. The molecule has 0 saturated carbocycles. The molecule has 5 heteroatoms. The first-order valence-corrected chi connectivity index (χ1v) is 9.36. The van der Waals surface area contributed by atoms with Crippen LogP contribution in [-0.2, 0) is 14.3 Å². The van der Waals surface area contributed by atoms with Crippen molar-refractivity contribution >= 4 is 12.1 Å². The molecule has 1 atom stereocenters. The normalized spacial score (nSPS) is 12.5. The molecular formula is C19H37NO4. The fourth-order valence-corrected chi connectivity index (χ4v) is 2.09. The fourth-order valence-electron chi connectivity index (χ4n) is 2.09. The Morgan fingerprint density at radius 2 is 1.46 bits per heavy atom. The molecule has 0 aliphatic heterocycles. The zero-order chi connectivity index (χ0) is 18.4. The highest BCUT2D eigenvalue weighted by Gasteiger charge is 2.19. The molecule has 0 aromatic heterocycles. The zero-order valence-corrected chi connectivity index (χ0v) is 16.3. The largest absolute Gasteiger partial charge is 0.464 e. The van der Waals surface area contributed by atoms with Crippen molar-refractivity contribution in [3.05, 3.63) is 0 Å². The van der Waals surface area contributed by atoms with Gasteiger partial charge in [-0.1, -0.05) is 72.6 Å². The molecule has 24 heavy (non-hydrogen) atoms. The van der Waals surface area contributed by atoms with Crippen LogP contribution in [0, 0.1) is 5.41 Å². The minimum absolute atomic E-state index is 0.0996. The van der Waals surface area contributed by atoms with Gasteiger partial charge in [0, 0.05) is 0 Å². The SMILES string of the molecule is CCCCCCCCCCOC(=O)C(C)NC(=O)OCC(C)(C)C. The van der Waals surface area contributed by atoms with E-state index in [1.54, 1.807) is 6.92 Å². The molecule has 0 saturated heterocycles. The molecule has 0 bridgehead atoms. The molecular weight excluding hydrogens is 306 g/mol. The van der Waals surface area contributed by atoms with Gasteiger partial charge in [0.2, 0.25) is 0 Å². The van der Waals surface area contributed by atoms with Gasteiger partial charge in [-0.25, -0.2) is 9.59 Å². The van der Waals surface area contributed by atoms with E-state index in [0.717, 1.165) is 12.8 Å². The third kappa shape index (κ3) is 14.3. The summed E-state index contributed by atoms with van der Waals surface area (Å²) in [6, 6.07) is -0.688. The second kappa shape index (κ2) is 13.1. The molecule has 0 spiro atoms. The summed E-state index contributed by atoms with van der Waals surface area (Å²) in [5, 5.41) is 2.50. The minimum atomic E-state index is -0.688. The maximum Gasteiger partial charge on any atom is 0.407 e. The molecule has 0 aromatic carbocycles. The van der Waals surface area contributed by atoms with Crippen molar-refractivity contribution in [1.29, 1.82) is 0 Å². The van der Waals surface area contributed by atoms with Crippen molar-refractivity contribution in [2.24, 2.45) is 5.41 Å². The fraction of sp³-hybridized carbons (Fsp3) is 0.895. The van der Waals surface area contributed by atoms with Crippen LogP contribution in [0.25, 0.3) is 0 Å². The van der Waals surface area contributed by atoms with Gasteiger partial charge >= 0.3 is 12.1 Å². The number of hydrogen-bond acceptors (Lipinski definition) is 4. The van der Waals surface area contributed by atoms with Crippen molar-refractivity contribution < 1.29 is 19.1 Å². The molecule has 0 aromatic rings. The van der Waals surface area contributed by atoms with Crippen LogP contribution < -0.4 is 5.32 Å². The van der Waals surface area contributed by atoms with Crippen molar-refractivity contribution in [2.75, 3.05) is 13.2 Å². The van der Waals surface area contributed by atoms with Gasteiger partial charge in [-0.3, -0.25) is 0 Å². The lowest BCUT2D eigenvalue weighted by atomic mass is 9.99. The van der Waals surface area contributed by atoms with Crippen molar-refractivity contribution in [1.82, 2.24) is 5.32 Å². The molecule has 1 unspecified atom stereocenters. The average Bonchev–Trinajstić information content (AvgIpc) is 2.50. The lowest BCUT2D eigenvalue weighted by Crippen LogP contribution is -2.40. The van der Waals surface area contributed by atoms with E-state index < -0.39 is 18.1 Å². The molecule has 142 valence electrons. The van der Waals surface area contributed by atoms with Gasteiger partial charge in [0.05, 0.1) is 13.2 Å². The molecule has 0 aliphatic carbocycles. The number of rotatable bonds is 12. The third-order valence-corrected chi connectivity index (χ3v) is 3.57. The first-order chi connectivity index (χ1) is 11.3. The predicted octanol–water partition coefficient (Wildman–Crippen LogP) is 4.83. The quantitative estimate of drug-likeness (QED) is 0.407. The molecule has 0 heterocycles. The summed E-state index contributed by atoms with van der Waals surface area (Å²) >= 11 is 0. The van der Waals surface area contributed by atoms with E-state index in [1.807, 2.05) is 20.8 Å². The predicted molar refractivity (Wildman–Crippen MR) is 97.0 cm³/mol. The van der Waals surface area contributed by atoms with Gasteiger partial charge in [0.25, 0.3) is 0 Å². The molecule has 0 rings (SSSR count). The summed E-state index contributed by atoms with van der Waals surface area (Å²) < 4.78 is 10.3. The van der Waals surface area contributed by atoms with E-state index in [0.29, 0.717) is 13.2 Å². The number of esters is 1. The van der Waals surface area contributed by atoms with Crippen LogP contribution in [0.2, 0.25) is 0 Å². The van der Waals surface area contributed by atoms with Crippen LogP contribution in [-0.4, -0.2) is 31.3 Å². The molecule has 1 N–H and O–H groups in total. The number of alkyl carbamates (subject to hydrolysis) is 1. The number of carbonyl (C=O) groups is 2. The topological polar surface area (TPSA) is 64.6 Å². The summed E-state index contributed by atoms with van der Waals surface area (Å²) in [6.07, 6.45) is 9.02. The van der Waals surface area contributed by atoms with Gasteiger partial charge in [0.15, 0.2) is 0 Å². The Hall–Kier alpha value is -1.26. The Bertz CT molecular complexity index is 350. The lowest BCUT2D eigenvalue weighted by Gasteiger charge is -2.19. The average molecular weight is 344 g/mol. The Kier molecular flexibility index (Phi) is 12.4. The van der Waals surface area contributed by atoms with Gasteiger partial charge in [0.1, 0.15) is 6.04 Å². The summed E-state index contributed by atoms with van der Waals surface area (Å²) in [7, 11) is 0. The van der Waals surface area contributed by atoms with E-state index in [1.165, 1.54) is 38.5 Å². The Balaban J connectivity index is 3.63. The van der Waals surface area contributed by atoms with Crippen molar-refractivity contribution in [3.8, 4) is 0 Å². The molecule has 1 amide bonds. The Labute approximate surface area is 147 Å². The van der Waals surface area contributed by atoms with Crippen LogP contribution in [0.4, 0.5) is 4.79 Å². The van der Waals surface area contributed by atoms with E-state index >= 15 is 0 Å². The van der Waals surface area contributed by atoms with E-state index in [-0.39, 0.29) is 5.41 Å². The van der Waals surface area contributed by atoms with Gasteiger partial charge < -0.3 is 14.8 Å². The van der Waals surface area contributed by atoms with Crippen LogP contribution in [0.3, 0.4) is 0 Å². The molecule has 0 aliphatic rings. The first-order valence-electron chi connectivity index (χ1n) is 9.36. The van der Waals surface area contributed by atoms with E-state index in [4.69, 9.17) is 9.47 Å². The van der Waals surface area contributed by atoms with Crippen LogP contribution in [0.15, 0.2) is 0 Å². The maximum atomic E-state index is 11.8. The number of ether oxygens (including phenoxy) is 2. The first kappa shape index (κ1) is 22.7. The van der Waals surface area contributed by atoms with Crippen molar-refractivity contribution in [2.45, 2.75) is 92.0 Å². The van der Waals surface area contributed by atoms with Gasteiger partial charge in [-0.2, -0.15) is 0 Å². The number of unbranched alkanes of at least 4 members (excludes halogenated alkanes) is 7. The van der Waals surface area contributed by atoms with E-state index in [2.05, 4.69) is 12.2 Å². The molecule has 0 fully saturated rings. The summed E-state index contributed by atoms with van der Waals surface area (Å²) in [5.41, 5.74) is -0.0996. The second-order valence-electron chi connectivity index (χ2n) is 7.65. The second-order valence-corrected chi connectivity index (χ2v) is 7.65. The highest BCUT2D eigenvalue weighted by molar-refractivity contribution is 5.80. The van der Waals surface area contributed by atoms with Gasteiger partial charge in [-0.05, 0) is 18.8 Å². The highest BCUT2D eigenvalue weighted by atomic mass is 16.6. The standard InChI is InChI=1S/C19H37NO4/c1-6-7-8-9-10-11-12-13-14-23-17(21)16(2)20-18(22)24-15-19(3,4)5/h16H,6-15H2,1-5H3,(H,20,22). The smallest absolute Gasteiger partial charge is 0.407 e. The summed E-state index contributed by atoms with van der Waals surface area (Å²) in [6.45, 7) is 10.5. The number of carbonyl (C=O) groups excluding carboxylic acids is 2. The Morgan fingerprint density at radius 3 is 2.00 bits per heavy atom. The minimum Gasteiger partial charge on any atom is -0.464 e. The van der Waals surface area contributed by atoms with Crippen LogP contribution >= 0.6 is 0 Å². The molecule has 5 nitrogen and oxygen atoms in total. The lowest BCUT2D eigenvalue weighted by molar-refractivity contribution is -0.145. The third-order valence-electron chi connectivity index (χ3n) is 3.57. The summed E-state index contributed by atoms with van der Waals surface area (Å²) in [4.78, 5) is 23.4. The van der Waals surface area contributed by atoms with Crippen LogP contribution in [0.5, 0.6) is 0 Å². The van der Waals surface area contributed by atoms with E-state index in [9.17, 15) is 9.59 Å². The summed E-state index contributed by atoms with van der Waals surface area (Å²) in [5.74, 6) is -0.411. The number of nitrogens with one attached hydrogen (secondary N) is 1. The monoisotopic (exact) mass is 343 g/mol. The van der Waals surface area contributed by atoms with Crippen LogP contribution in [0.1, 0.15) is 86.0 Å². The number of hydrogen-bond donors (Lipinski definition) is 1. The maximum absolute atomic E-state index is 11.8. The van der Waals surface area contributed by atoms with Crippen molar-refractivity contribution in [3.63, 3.8) is 0 Å².